The van der Waals surface area contributed by atoms with Crippen molar-refractivity contribution in [2.45, 2.75) is 193 Å². The number of unbranched alkanes of at least 4 members (excludes halogenated alkanes) is 22. The summed E-state index contributed by atoms with van der Waals surface area (Å²) in [5, 5.41) is 13.8. The average Bonchev–Trinajstić information content (AvgIpc) is 2.99. The largest absolute Gasteiger partial charge is 0.756 e. The monoisotopic (exact) mass is 677 g/mol. The average molecular weight is 677 g/mol. The molecule has 0 radical (unpaired) electrons. The zero-order chi connectivity index (χ0) is 34.4. The summed E-state index contributed by atoms with van der Waals surface area (Å²) in [6, 6.07) is -0.790. The fraction of sp³-hybridized carbons (Fsp3) is 0.973. The van der Waals surface area contributed by atoms with Gasteiger partial charge in [-0.15, -0.1) is 0 Å². The Hall–Kier alpha value is -0.500. The van der Waals surface area contributed by atoms with Gasteiger partial charge in [0.1, 0.15) is 13.2 Å². The highest BCUT2D eigenvalue weighted by Gasteiger charge is 2.24. The summed E-state index contributed by atoms with van der Waals surface area (Å²) in [5.74, 6) is -0.166. The number of amides is 1. The number of aliphatic hydroxyl groups is 1. The maximum absolute atomic E-state index is 12.8. The summed E-state index contributed by atoms with van der Waals surface area (Å²) in [4.78, 5) is 25.1. The van der Waals surface area contributed by atoms with E-state index in [4.69, 9.17) is 9.05 Å². The first-order valence-corrected chi connectivity index (χ1v) is 20.8. The van der Waals surface area contributed by atoms with E-state index in [0.29, 0.717) is 23.9 Å². The Labute approximate surface area is 285 Å². The van der Waals surface area contributed by atoms with Gasteiger partial charge in [-0.2, -0.15) is 0 Å². The minimum atomic E-state index is -4.55. The molecule has 1 unspecified atom stereocenters. The molecule has 0 aromatic heterocycles. The lowest BCUT2D eigenvalue weighted by Crippen LogP contribution is -2.46. The highest BCUT2D eigenvalue weighted by molar-refractivity contribution is 7.45. The van der Waals surface area contributed by atoms with E-state index < -0.39 is 20.0 Å². The minimum absolute atomic E-state index is 0.0155. The zero-order valence-electron chi connectivity index (χ0n) is 31.0. The van der Waals surface area contributed by atoms with Crippen LogP contribution in [0.3, 0.4) is 0 Å². The normalized spacial score (nSPS) is 14.7. The van der Waals surface area contributed by atoms with Crippen molar-refractivity contribution in [2.75, 3.05) is 40.9 Å². The second kappa shape index (κ2) is 30.6. The van der Waals surface area contributed by atoms with E-state index >= 15 is 0 Å². The number of likely N-dealkylation sites (N-methyl/N-ethyl adjacent to an activating group) is 1. The van der Waals surface area contributed by atoms with Gasteiger partial charge in [0.2, 0.25) is 5.91 Å². The number of carbonyl (C=O) groups excluding carboxylic acids is 1. The van der Waals surface area contributed by atoms with Crippen LogP contribution in [0.15, 0.2) is 0 Å². The SMILES string of the molecule is CCCCCCCCCCCCCCC(=O)N[C@@H](COP(=O)([O-])OCC[N+](C)(C)C)[C@H](O)CCCCCCCCCCCCCC. The van der Waals surface area contributed by atoms with Crippen LogP contribution in [-0.4, -0.2) is 68.5 Å². The molecule has 276 valence electrons. The van der Waals surface area contributed by atoms with Crippen molar-refractivity contribution in [3.8, 4) is 0 Å². The fourth-order valence-corrected chi connectivity index (χ4v) is 6.41. The van der Waals surface area contributed by atoms with E-state index in [9.17, 15) is 19.4 Å². The molecule has 46 heavy (non-hydrogen) atoms. The Morgan fingerprint density at radius 3 is 1.48 bits per heavy atom. The van der Waals surface area contributed by atoms with Gasteiger partial charge >= 0.3 is 0 Å². The van der Waals surface area contributed by atoms with Crippen molar-refractivity contribution in [1.82, 2.24) is 5.32 Å². The van der Waals surface area contributed by atoms with Gasteiger partial charge in [0.05, 0.1) is 39.9 Å². The van der Waals surface area contributed by atoms with E-state index in [1.807, 2.05) is 21.1 Å². The molecule has 0 fully saturated rings. The van der Waals surface area contributed by atoms with E-state index in [1.165, 1.54) is 116 Å². The summed E-state index contributed by atoms with van der Waals surface area (Å²) in [7, 11) is 1.31. The number of carbonyl (C=O) groups is 1. The van der Waals surface area contributed by atoms with Crippen LogP contribution >= 0.6 is 7.82 Å². The van der Waals surface area contributed by atoms with Crippen LogP contribution in [0, 0.1) is 0 Å². The van der Waals surface area contributed by atoms with Crippen LogP contribution in [-0.2, 0) is 18.4 Å². The molecule has 0 aliphatic carbocycles. The predicted molar refractivity (Wildman–Crippen MR) is 192 cm³/mol. The van der Waals surface area contributed by atoms with Crippen LogP contribution in [0.4, 0.5) is 0 Å². The summed E-state index contributed by atoms with van der Waals surface area (Å²) >= 11 is 0. The molecular formula is C37H77N2O6P. The second-order valence-corrected chi connectivity index (χ2v) is 16.1. The molecule has 0 aromatic rings. The maximum Gasteiger partial charge on any atom is 0.268 e. The number of phosphoric ester groups is 1. The number of hydrogen-bond donors (Lipinski definition) is 2. The Bertz CT molecular complexity index is 733. The second-order valence-electron chi connectivity index (χ2n) is 14.6. The predicted octanol–water partition coefficient (Wildman–Crippen LogP) is 9.22. The first kappa shape index (κ1) is 45.5. The summed E-state index contributed by atoms with van der Waals surface area (Å²) < 4.78 is 23.1. The molecule has 0 heterocycles. The molecule has 0 spiro atoms. The third-order valence-electron chi connectivity index (χ3n) is 8.85. The van der Waals surface area contributed by atoms with Gasteiger partial charge in [-0.1, -0.05) is 162 Å². The molecule has 1 amide bonds. The smallest absolute Gasteiger partial charge is 0.268 e. The summed E-state index contributed by atoms with van der Waals surface area (Å²) in [5.41, 5.74) is 0. The Morgan fingerprint density at radius 1 is 0.674 bits per heavy atom. The first-order chi connectivity index (χ1) is 22.0. The van der Waals surface area contributed by atoms with Gasteiger partial charge in [0.25, 0.3) is 7.82 Å². The number of rotatable bonds is 35. The third kappa shape index (κ3) is 32.1. The summed E-state index contributed by atoms with van der Waals surface area (Å²) in [6.45, 7) is 4.70. The lowest BCUT2D eigenvalue weighted by molar-refractivity contribution is -0.870. The van der Waals surface area contributed by atoms with Crippen LogP contribution in [0.5, 0.6) is 0 Å². The molecule has 0 aliphatic rings. The third-order valence-corrected chi connectivity index (χ3v) is 9.81. The van der Waals surface area contributed by atoms with E-state index in [1.54, 1.807) is 0 Å². The highest BCUT2D eigenvalue weighted by atomic mass is 31.2. The molecule has 0 bridgehead atoms. The molecule has 2 N–H and O–H groups in total. The number of quaternary nitrogens is 1. The standard InChI is InChI=1S/C37H77N2O6P/c1-6-8-10-12-14-16-18-20-22-24-26-28-30-36(40)35(34-45-46(42,43)44-33-32-39(3,4)5)38-37(41)31-29-27-25-23-21-19-17-15-13-11-9-7-2/h35-36,40H,6-34H2,1-5H3,(H-,38,41,42,43)/t35-,36+/m0/s1. The molecule has 0 rings (SSSR count). The minimum Gasteiger partial charge on any atom is -0.756 e. The maximum atomic E-state index is 12.8. The number of nitrogens with one attached hydrogen (secondary N) is 1. The van der Waals surface area contributed by atoms with E-state index in [0.717, 1.165) is 38.5 Å². The first-order valence-electron chi connectivity index (χ1n) is 19.4. The lowest BCUT2D eigenvalue weighted by Gasteiger charge is -2.30. The number of hydrogen-bond acceptors (Lipinski definition) is 6. The molecule has 0 aromatic carbocycles. The lowest BCUT2D eigenvalue weighted by atomic mass is 10.0. The van der Waals surface area contributed by atoms with Gasteiger partial charge in [0.15, 0.2) is 0 Å². The quantitative estimate of drug-likeness (QED) is 0.0394. The van der Waals surface area contributed by atoms with Crippen LogP contribution < -0.4 is 10.2 Å². The topological polar surface area (TPSA) is 108 Å². The zero-order valence-corrected chi connectivity index (χ0v) is 31.9. The molecular weight excluding hydrogens is 599 g/mol. The number of phosphoric acid groups is 1. The van der Waals surface area contributed by atoms with Crippen molar-refractivity contribution < 1.29 is 32.9 Å². The van der Waals surface area contributed by atoms with Crippen molar-refractivity contribution in [3.63, 3.8) is 0 Å². The van der Waals surface area contributed by atoms with Crippen molar-refractivity contribution in [3.05, 3.63) is 0 Å². The Kier molecular flexibility index (Phi) is 30.2. The van der Waals surface area contributed by atoms with Gasteiger partial charge < -0.3 is 28.8 Å². The van der Waals surface area contributed by atoms with Crippen molar-refractivity contribution in [1.29, 1.82) is 0 Å². The fourth-order valence-electron chi connectivity index (χ4n) is 5.69. The van der Waals surface area contributed by atoms with Crippen LogP contribution in [0.1, 0.15) is 181 Å². The molecule has 0 saturated carbocycles. The molecule has 9 heteroatoms. The van der Waals surface area contributed by atoms with Crippen molar-refractivity contribution >= 4 is 13.7 Å². The highest BCUT2D eigenvalue weighted by Crippen LogP contribution is 2.38. The number of aliphatic hydroxyl groups excluding tert-OH is 1. The summed E-state index contributed by atoms with van der Waals surface area (Å²) in [6.07, 6.45) is 29.5. The van der Waals surface area contributed by atoms with Gasteiger partial charge in [-0.25, -0.2) is 0 Å². The van der Waals surface area contributed by atoms with Gasteiger partial charge in [-0.3, -0.25) is 9.36 Å². The van der Waals surface area contributed by atoms with Gasteiger partial charge in [0, 0.05) is 6.42 Å². The molecule has 3 atom stereocenters. The Balaban J connectivity index is 4.45. The molecule has 0 saturated heterocycles. The van der Waals surface area contributed by atoms with Crippen molar-refractivity contribution in [2.24, 2.45) is 0 Å². The van der Waals surface area contributed by atoms with Gasteiger partial charge in [-0.05, 0) is 12.8 Å². The molecule has 8 nitrogen and oxygen atoms in total. The van der Waals surface area contributed by atoms with Crippen LogP contribution in [0.2, 0.25) is 0 Å². The number of nitrogens with zero attached hydrogens (tertiary/aromatic N) is 1. The van der Waals surface area contributed by atoms with E-state index in [-0.39, 0.29) is 19.1 Å². The molecule has 0 aliphatic heterocycles. The van der Waals surface area contributed by atoms with Crippen LogP contribution in [0.25, 0.3) is 0 Å². The Morgan fingerprint density at radius 2 is 1.07 bits per heavy atom. The van der Waals surface area contributed by atoms with E-state index in [2.05, 4.69) is 19.2 Å².